The van der Waals surface area contributed by atoms with Crippen LogP contribution in [0.15, 0.2) is 24.3 Å². The van der Waals surface area contributed by atoms with Gasteiger partial charge in [0, 0.05) is 12.5 Å². The summed E-state index contributed by atoms with van der Waals surface area (Å²) < 4.78 is 23.8. The fourth-order valence-corrected chi connectivity index (χ4v) is 1.97. The highest BCUT2D eigenvalue weighted by Crippen LogP contribution is 2.29. The van der Waals surface area contributed by atoms with Gasteiger partial charge in [-0.2, -0.15) is 0 Å². The number of methoxy groups -OCH3 is 1. The van der Waals surface area contributed by atoms with Crippen LogP contribution in [0.3, 0.4) is 0 Å². The fraction of sp³-hybridized carbons (Fsp3) is 0.294. The molecular formula is C17H19FO2. The molecule has 2 rings (SSSR count). The van der Waals surface area contributed by atoms with Gasteiger partial charge in [-0.3, -0.25) is 0 Å². The van der Waals surface area contributed by atoms with Gasteiger partial charge in [0.15, 0.2) is 6.79 Å². The minimum atomic E-state index is -0.376. The quantitative estimate of drug-likeness (QED) is 0.614. The lowest BCUT2D eigenvalue weighted by atomic mass is 9.99. The second-order valence-corrected chi connectivity index (χ2v) is 3.96. The highest BCUT2D eigenvalue weighted by Gasteiger charge is 2.09. The monoisotopic (exact) mass is 274 g/mol. The number of rotatable bonds is 3. The summed E-state index contributed by atoms with van der Waals surface area (Å²) in [6.45, 7) is 6.05. The number of ether oxygens (including phenoxy) is 2. The van der Waals surface area contributed by atoms with Crippen LogP contribution in [0.4, 0.5) is 4.39 Å². The molecule has 0 spiro atoms. The van der Waals surface area contributed by atoms with Crippen molar-refractivity contribution in [1.82, 2.24) is 0 Å². The van der Waals surface area contributed by atoms with Crippen LogP contribution >= 0.6 is 0 Å². The number of aryl methyl sites for hydroxylation is 1. The summed E-state index contributed by atoms with van der Waals surface area (Å²) in [6.07, 6.45) is 5.36. The molecular weight excluding hydrogens is 255 g/mol. The average molecular weight is 274 g/mol. The number of benzene rings is 2. The highest BCUT2D eigenvalue weighted by atomic mass is 19.1. The van der Waals surface area contributed by atoms with Crippen LogP contribution in [-0.2, 0) is 4.74 Å². The molecule has 0 heterocycles. The summed E-state index contributed by atoms with van der Waals surface area (Å²) in [7, 11) is 1.56. The Bertz CT molecular complexity index is 627. The van der Waals surface area contributed by atoms with Crippen LogP contribution in [0.1, 0.15) is 25.0 Å². The molecule has 20 heavy (non-hydrogen) atoms. The van der Waals surface area contributed by atoms with Gasteiger partial charge in [0.2, 0.25) is 0 Å². The molecule has 0 aliphatic carbocycles. The minimum Gasteiger partial charge on any atom is -0.468 e. The van der Waals surface area contributed by atoms with E-state index in [-0.39, 0.29) is 12.6 Å². The van der Waals surface area contributed by atoms with Crippen molar-refractivity contribution in [2.75, 3.05) is 13.9 Å². The van der Waals surface area contributed by atoms with E-state index in [1.165, 1.54) is 6.07 Å². The summed E-state index contributed by atoms with van der Waals surface area (Å²) >= 11 is 0. The number of halogens is 1. The van der Waals surface area contributed by atoms with Crippen LogP contribution in [0.5, 0.6) is 5.75 Å². The third kappa shape index (κ3) is 3.28. The Morgan fingerprint density at radius 1 is 1.25 bits per heavy atom. The van der Waals surface area contributed by atoms with Crippen LogP contribution in [0, 0.1) is 25.1 Å². The molecule has 0 fully saturated rings. The van der Waals surface area contributed by atoms with Crippen LogP contribution in [0.2, 0.25) is 0 Å². The first-order chi connectivity index (χ1) is 9.67. The molecule has 0 amide bonds. The van der Waals surface area contributed by atoms with Crippen LogP contribution in [-0.4, -0.2) is 13.9 Å². The maximum absolute atomic E-state index is 13.6. The smallest absolute Gasteiger partial charge is 0.188 e. The van der Waals surface area contributed by atoms with Crippen molar-refractivity contribution in [3.05, 3.63) is 41.2 Å². The summed E-state index contributed by atoms with van der Waals surface area (Å²) in [4.78, 5) is 0. The van der Waals surface area contributed by atoms with Gasteiger partial charge < -0.3 is 9.47 Å². The molecule has 0 saturated carbocycles. The Balaban J connectivity index is 0.000000956. The van der Waals surface area contributed by atoms with E-state index < -0.39 is 0 Å². The molecule has 0 aliphatic rings. The molecule has 2 aromatic carbocycles. The molecule has 0 aromatic heterocycles. The van der Waals surface area contributed by atoms with Crippen LogP contribution < -0.4 is 4.74 Å². The van der Waals surface area contributed by atoms with E-state index in [1.54, 1.807) is 13.2 Å². The van der Waals surface area contributed by atoms with Gasteiger partial charge in [-0.05, 0) is 36.1 Å². The average Bonchev–Trinajstić information content (AvgIpc) is 2.47. The summed E-state index contributed by atoms with van der Waals surface area (Å²) in [5.41, 5.74) is 1.18. The summed E-state index contributed by atoms with van der Waals surface area (Å²) in [5.74, 6) is 2.70. The Morgan fingerprint density at radius 3 is 2.55 bits per heavy atom. The molecule has 0 N–H and O–H groups in total. The highest BCUT2D eigenvalue weighted by molar-refractivity contribution is 5.92. The molecule has 2 aromatic rings. The van der Waals surface area contributed by atoms with E-state index in [0.717, 1.165) is 16.3 Å². The van der Waals surface area contributed by atoms with Crippen molar-refractivity contribution in [3.8, 4) is 18.1 Å². The largest absolute Gasteiger partial charge is 0.468 e. The molecule has 0 aliphatic heterocycles. The maximum Gasteiger partial charge on any atom is 0.188 e. The van der Waals surface area contributed by atoms with E-state index in [4.69, 9.17) is 15.9 Å². The molecule has 2 nitrogen and oxygen atoms in total. The van der Waals surface area contributed by atoms with E-state index in [1.807, 2.05) is 32.9 Å². The van der Waals surface area contributed by atoms with Crippen LogP contribution in [0.25, 0.3) is 10.8 Å². The first-order valence-electron chi connectivity index (χ1n) is 6.48. The van der Waals surface area contributed by atoms with Gasteiger partial charge in [-0.1, -0.05) is 25.8 Å². The van der Waals surface area contributed by atoms with Gasteiger partial charge in [-0.25, -0.2) is 4.39 Å². The Kier molecular flexibility index (Phi) is 6.02. The molecule has 0 bridgehead atoms. The van der Waals surface area contributed by atoms with E-state index in [0.29, 0.717) is 11.3 Å². The third-order valence-electron chi connectivity index (χ3n) is 2.73. The molecule has 3 heteroatoms. The van der Waals surface area contributed by atoms with E-state index >= 15 is 0 Å². The molecule has 106 valence electrons. The predicted molar refractivity (Wildman–Crippen MR) is 80.4 cm³/mol. The Labute approximate surface area is 119 Å². The number of terminal acetylenes is 1. The lowest BCUT2D eigenvalue weighted by Crippen LogP contribution is -1.99. The minimum absolute atomic E-state index is 0.175. The number of hydrogen-bond donors (Lipinski definition) is 0. The van der Waals surface area contributed by atoms with Crippen molar-refractivity contribution in [2.45, 2.75) is 20.8 Å². The van der Waals surface area contributed by atoms with Gasteiger partial charge in [0.25, 0.3) is 0 Å². The molecule has 0 radical (unpaired) electrons. The van der Waals surface area contributed by atoms with Crippen molar-refractivity contribution in [2.24, 2.45) is 0 Å². The number of hydrogen-bond acceptors (Lipinski definition) is 2. The van der Waals surface area contributed by atoms with Gasteiger partial charge >= 0.3 is 0 Å². The van der Waals surface area contributed by atoms with Gasteiger partial charge in [0.1, 0.15) is 11.6 Å². The zero-order valence-electron chi connectivity index (χ0n) is 12.3. The van der Waals surface area contributed by atoms with Crippen molar-refractivity contribution in [1.29, 1.82) is 0 Å². The fourth-order valence-electron chi connectivity index (χ4n) is 1.97. The lowest BCUT2D eigenvalue weighted by Gasteiger charge is -2.10. The molecule has 0 saturated heterocycles. The SMILES string of the molecule is C#Cc1c(F)ccc2cc(OCOC)cc(C)c12.CC. The summed E-state index contributed by atoms with van der Waals surface area (Å²) in [5, 5.41) is 1.61. The zero-order valence-corrected chi connectivity index (χ0v) is 12.3. The van der Waals surface area contributed by atoms with Crippen molar-refractivity contribution >= 4 is 10.8 Å². The van der Waals surface area contributed by atoms with Crippen molar-refractivity contribution < 1.29 is 13.9 Å². The van der Waals surface area contributed by atoms with E-state index in [9.17, 15) is 4.39 Å². The zero-order chi connectivity index (χ0) is 15.1. The Morgan fingerprint density at radius 2 is 1.95 bits per heavy atom. The molecule has 0 atom stereocenters. The third-order valence-corrected chi connectivity index (χ3v) is 2.73. The van der Waals surface area contributed by atoms with E-state index in [2.05, 4.69) is 5.92 Å². The summed E-state index contributed by atoms with van der Waals surface area (Å²) in [6, 6.07) is 6.71. The standard InChI is InChI=1S/C15H13FO2.C2H6/c1-4-13-14(16)6-5-11-8-12(18-9-17-3)7-10(2)15(11)13;1-2/h1,5-8H,9H2,2-3H3;1-2H3. The topological polar surface area (TPSA) is 18.5 Å². The molecule has 0 unspecified atom stereocenters. The Hall–Kier alpha value is -2.05. The normalized spacial score (nSPS) is 9.60. The predicted octanol–water partition coefficient (Wildman–Crippen LogP) is 4.28. The van der Waals surface area contributed by atoms with Gasteiger partial charge in [-0.15, -0.1) is 6.42 Å². The number of fused-ring (bicyclic) bond motifs is 1. The second kappa shape index (κ2) is 7.52. The first-order valence-corrected chi connectivity index (χ1v) is 6.48. The first kappa shape index (κ1) is 16.0. The van der Waals surface area contributed by atoms with Crippen molar-refractivity contribution in [3.63, 3.8) is 0 Å². The van der Waals surface area contributed by atoms with Gasteiger partial charge in [0.05, 0.1) is 5.56 Å². The second-order valence-electron chi connectivity index (χ2n) is 3.96. The maximum atomic E-state index is 13.6. The lowest BCUT2D eigenvalue weighted by molar-refractivity contribution is 0.0512.